The largest absolute Gasteiger partial charge is 0.328 e. The van der Waals surface area contributed by atoms with Crippen LogP contribution in [0.15, 0.2) is 23.1 Å². The van der Waals surface area contributed by atoms with Gasteiger partial charge in [-0.1, -0.05) is 11.6 Å². The van der Waals surface area contributed by atoms with E-state index in [-0.39, 0.29) is 21.9 Å². The highest BCUT2D eigenvalue weighted by molar-refractivity contribution is 7.89. The van der Waals surface area contributed by atoms with Gasteiger partial charge in [-0.2, -0.15) is 4.31 Å². The lowest BCUT2D eigenvalue weighted by molar-refractivity contribution is 0.243. The number of rotatable bonds is 3. The van der Waals surface area contributed by atoms with E-state index in [0.29, 0.717) is 13.1 Å². The van der Waals surface area contributed by atoms with Gasteiger partial charge in [-0.05, 0) is 43.9 Å². The molecule has 2 unspecified atom stereocenters. The lowest BCUT2D eigenvalue weighted by Gasteiger charge is -2.33. The van der Waals surface area contributed by atoms with E-state index in [0.717, 1.165) is 25.0 Å². The lowest BCUT2D eigenvalue weighted by atomic mass is 9.93. The molecule has 1 aliphatic rings. The van der Waals surface area contributed by atoms with Crippen LogP contribution in [-0.2, 0) is 10.0 Å². The summed E-state index contributed by atoms with van der Waals surface area (Å²) in [6, 6.07) is 3.27. The first-order valence-corrected chi connectivity index (χ1v) is 8.35. The Kier molecular flexibility index (Phi) is 4.69. The van der Waals surface area contributed by atoms with Gasteiger partial charge in [0.1, 0.15) is 10.7 Å². The van der Waals surface area contributed by atoms with Crippen molar-refractivity contribution in [2.24, 2.45) is 11.7 Å². The zero-order chi connectivity index (χ0) is 14.9. The molecule has 112 valence electrons. The normalized spacial score (nSPS) is 22.7. The van der Waals surface area contributed by atoms with Gasteiger partial charge in [-0.25, -0.2) is 12.8 Å². The van der Waals surface area contributed by atoms with Gasteiger partial charge in [-0.3, -0.25) is 0 Å². The molecule has 0 aliphatic carbocycles. The summed E-state index contributed by atoms with van der Waals surface area (Å²) in [7, 11) is -3.70. The van der Waals surface area contributed by atoms with Crippen molar-refractivity contribution < 1.29 is 12.8 Å². The first-order valence-electron chi connectivity index (χ1n) is 6.53. The molecule has 0 radical (unpaired) electrons. The summed E-state index contributed by atoms with van der Waals surface area (Å²) in [4.78, 5) is -0.0501. The second-order valence-electron chi connectivity index (χ2n) is 5.20. The molecular formula is C13H18ClFN2O2S. The Bertz CT molecular complexity index is 592. The van der Waals surface area contributed by atoms with Crippen LogP contribution >= 0.6 is 11.6 Å². The fourth-order valence-corrected chi connectivity index (χ4v) is 4.49. The van der Waals surface area contributed by atoms with Crippen molar-refractivity contribution in [3.8, 4) is 0 Å². The molecule has 0 spiro atoms. The maximum Gasteiger partial charge on any atom is 0.244 e. The molecule has 0 bridgehead atoms. The second kappa shape index (κ2) is 5.97. The van der Waals surface area contributed by atoms with Crippen molar-refractivity contribution in [2.45, 2.75) is 30.7 Å². The van der Waals surface area contributed by atoms with Crippen molar-refractivity contribution in [1.29, 1.82) is 0 Å². The predicted molar refractivity (Wildman–Crippen MR) is 76.5 cm³/mol. The molecule has 1 saturated heterocycles. The van der Waals surface area contributed by atoms with E-state index in [4.69, 9.17) is 17.3 Å². The standard InChI is InChI=1S/C13H18ClFN2O2S/c1-9(16)10-3-2-6-17(8-10)20(18,19)13-5-4-11(15)7-12(13)14/h4-5,7,9-10H,2-3,6,8,16H2,1H3. The third-order valence-electron chi connectivity index (χ3n) is 3.68. The number of benzene rings is 1. The van der Waals surface area contributed by atoms with Crippen molar-refractivity contribution in [3.63, 3.8) is 0 Å². The van der Waals surface area contributed by atoms with Gasteiger partial charge in [0.15, 0.2) is 0 Å². The third kappa shape index (κ3) is 3.14. The Balaban J connectivity index is 2.30. The molecule has 2 rings (SSSR count). The monoisotopic (exact) mass is 320 g/mol. The van der Waals surface area contributed by atoms with Crippen LogP contribution in [0, 0.1) is 11.7 Å². The molecule has 1 heterocycles. The summed E-state index contributed by atoms with van der Waals surface area (Å²) in [5, 5.41) is -0.0899. The summed E-state index contributed by atoms with van der Waals surface area (Å²) in [6.45, 7) is 2.71. The van der Waals surface area contributed by atoms with E-state index >= 15 is 0 Å². The highest BCUT2D eigenvalue weighted by Gasteiger charge is 2.32. The van der Waals surface area contributed by atoms with Gasteiger partial charge in [0.2, 0.25) is 10.0 Å². The van der Waals surface area contributed by atoms with Gasteiger partial charge >= 0.3 is 0 Å². The van der Waals surface area contributed by atoms with Crippen molar-refractivity contribution >= 4 is 21.6 Å². The van der Waals surface area contributed by atoms with E-state index in [1.54, 1.807) is 0 Å². The zero-order valence-electron chi connectivity index (χ0n) is 11.2. The number of halogens is 2. The topological polar surface area (TPSA) is 63.4 Å². The van der Waals surface area contributed by atoms with Crippen LogP contribution in [0.1, 0.15) is 19.8 Å². The fraction of sp³-hybridized carbons (Fsp3) is 0.538. The van der Waals surface area contributed by atoms with Crippen LogP contribution in [0.25, 0.3) is 0 Å². The Labute approximate surface area is 123 Å². The van der Waals surface area contributed by atoms with Crippen molar-refractivity contribution in [3.05, 3.63) is 29.0 Å². The summed E-state index contributed by atoms with van der Waals surface area (Å²) < 4.78 is 39.6. The molecule has 2 N–H and O–H groups in total. The Hall–Kier alpha value is -0.690. The van der Waals surface area contributed by atoms with E-state index in [1.807, 2.05) is 6.92 Å². The van der Waals surface area contributed by atoms with Gasteiger partial charge < -0.3 is 5.73 Å². The third-order valence-corrected chi connectivity index (χ3v) is 6.02. The maximum absolute atomic E-state index is 13.0. The molecule has 7 heteroatoms. The van der Waals surface area contributed by atoms with E-state index in [2.05, 4.69) is 0 Å². The van der Waals surface area contributed by atoms with Gasteiger partial charge in [0.05, 0.1) is 5.02 Å². The van der Waals surface area contributed by atoms with Crippen LogP contribution in [0.4, 0.5) is 4.39 Å². The Morgan fingerprint density at radius 2 is 2.20 bits per heavy atom. The summed E-state index contributed by atoms with van der Waals surface area (Å²) in [5.74, 6) is -0.418. The maximum atomic E-state index is 13.0. The molecule has 1 aromatic carbocycles. The van der Waals surface area contributed by atoms with Crippen LogP contribution < -0.4 is 5.73 Å². The van der Waals surface area contributed by atoms with Gasteiger partial charge in [-0.15, -0.1) is 0 Å². The molecule has 4 nitrogen and oxygen atoms in total. The van der Waals surface area contributed by atoms with Crippen LogP contribution in [0.3, 0.4) is 0 Å². The highest BCUT2D eigenvalue weighted by Crippen LogP contribution is 2.29. The minimum Gasteiger partial charge on any atom is -0.328 e. The Morgan fingerprint density at radius 1 is 1.50 bits per heavy atom. The molecule has 1 aliphatic heterocycles. The summed E-state index contributed by atoms with van der Waals surface area (Å²) in [6.07, 6.45) is 1.69. The number of hydrogen-bond donors (Lipinski definition) is 1. The number of nitrogens with two attached hydrogens (primary N) is 1. The smallest absolute Gasteiger partial charge is 0.244 e. The number of nitrogens with zero attached hydrogens (tertiary/aromatic N) is 1. The summed E-state index contributed by atoms with van der Waals surface area (Å²) >= 11 is 5.86. The number of hydrogen-bond acceptors (Lipinski definition) is 3. The van der Waals surface area contributed by atoms with Gasteiger partial charge in [0, 0.05) is 19.1 Å². The van der Waals surface area contributed by atoms with E-state index < -0.39 is 15.8 Å². The quantitative estimate of drug-likeness (QED) is 0.929. The van der Waals surface area contributed by atoms with Crippen molar-refractivity contribution in [2.75, 3.05) is 13.1 Å². The van der Waals surface area contributed by atoms with Crippen LogP contribution in [0.5, 0.6) is 0 Å². The average Bonchev–Trinajstić information content (AvgIpc) is 2.38. The average molecular weight is 321 g/mol. The number of piperidine rings is 1. The SMILES string of the molecule is CC(N)C1CCCN(S(=O)(=O)c2ccc(F)cc2Cl)C1. The number of sulfonamides is 1. The minimum atomic E-state index is -3.70. The summed E-state index contributed by atoms with van der Waals surface area (Å²) in [5.41, 5.74) is 5.86. The molecule has 2 atom stereocenters. The second-order valence-corrected chi connectivity index (χ2v) is 7.51. The molecule has 1 aromatic rings. The molecule has 0 aromatic heterocycles. The first-order chi connectivity index (χ1) is 9.32. The predicted octanol–water partition coefficient (Wildman–Crippen LogP) is 2.23. The first kappa shape index (κ1) is 15.7. The van der Waals surface area contributed by atoms with E-state index in [1.165, 1.54) is 10.4 Å². The van der Waals surface area contributed by atoms with Crippen LogP contribution in [-0.4, -0.2) is 31.9 Å². The van der Waals surface area contributed by atoms with Gasteiger partial charge in [0.25, 0.3) is 0 Å². The lowest BCUT2D eigenvalue weighted by Crippen LogP contribution is -2.45. The molecule has 0 saturated carbocycles. The fourth-order valence-electron chi connectivity index (χ4n) is 2.44. The highest BCUT2D eigenvalue weighted by atomic mass is 35.5. The Morgan fingerprint density at radius 3 is 2.80 bits per heavy atom. The van der Waals surface area contributed by atoms with Crippen molar-refractivity contribution in [1.82, 2.24) is 4.31 Å². The van der Waals surface area contributed by atoms with Crippen LogP contribution in [0.2, 0.25) is 5.02 Å². The molecule has 20 heavy (non-hydrogen) atoms. The molecule has 0 amide bonds. The minimum absolute atomic E-state index is 0.0501. The zero-order valence-corrected chi connectivity index (χ0v) is 12.8. The molecular weight excluding hydrogens is 303 g/mol. The molecule has 1 fully saturated rings. The van der Waals surface area contributed by atoms with E-state index in [9.17, 15) is 12.8 Å².